The highest BCUT2D eigenvalue weighted by Gasteiger charge is 2.08. The third-order valence-electron chi connectivity index (χ3n) is 2.29. The molecule has 0 atom stereocenters. The zero-order valence-electron chi connectivity index (χ0n) is 9.26. The van der Waals surface area contributed by atoms with Gasteiger partial charge in [0.25, 0.3) is 0 Å². The summed E-state index contributed by atoms with van der Waals surface area (Å²) < 4.78 is 25.8. The molecule has 3 nitrogen and oxygen atoms in total. The number of nitrogens with one attached hydrogen (secondary N) is 1. The van der Waals surface area contributed by atoms with E-state index in [-0.39, 0.29) is 6.03 Å². The van der Waals surface area contributed by atoms with Crippen LogP contribution in [0.4, 0.5) is 13.6 Å². The van der Waals surface area contributed by atoms with Crippen molar-refractivity contribution >= 4 is 6.03 Å². The highest BCUT2D eigenvalue weighted by atomic mass is 19.1. The summed E-state index contributed by atoms with van der Waals surface area (Å²) in [6, 6.07) is 3.21. The van der Waals surface area contributed by atoms with Gasteiger partial charge in [-0.3, -0.25) is 0 Å². The summed E-state index contributed by atoms with van der Waals surface area (Å²) in [6.07, 6.45) is 0.357. The predicted molar refractivity (Wildman–Crippen MR) is 57.1 cm³/mol. The number of nitrogens with zero attached hydrogens (tertiary/aromatic N) is 1. The van der Waals surface area contributed by atoms with Crippen LogP contribution in [0.2, 0.25) is 0 Å². The highest BCUT2D eigenvalue weighted by molar-refractivity contribution is 5.73. The summed E-state index contributed by atoms with van der Waals surface area (Å²) in [5.74, 6) is -1.17. The molecule has 0 aliphatic rings. The maximum Gasteiger partial charge on any atom is 0.316 e. The molecule has 1 aromatic rings. The van der Waals surface area contributed by atoms with Crippen molar-refractivity contribution in [3.63, 3.8) is 0 Å². The Morgan fingerprint density at radius 2 is 2.12 bits per heavy atom. The van der Waals surface area contributed by atoms with E-state index in [0.717, 1.165) is 6.07 Å². The molecular formula is C11H14F2N2O. The lowest BCUT2D eigenvalue weighted by Gasteiger charge is -2.16. The lowest BCUT2D eigenvalue weighted by atomic mass is 10.1. The molecule has 0 unspecified atom stereocenters. The van der Waals surface area contributed by atoms with Crippen LogP contribution < -0.4 is 5.32 Å². The van der Waals surface area contributed by atoms with Gasteiger partial charge in [-0.1, -0.05) is 6.07 Å². The van der Waals surface area contributed by atoms with E-state index in [1.807, 2.05) is 0 Å². The third kappa shape index (κ3) is 3.18. The Hall–Kier alpha value is -1.65. The minimum Gasteiger partial charge on any atom is -0.341 e. The van der Waals surface area contributed by atoms with Gasteiger partial charge in [0.1, 0.15) is 11.6 Å². The van der Waals surface area contributed by atoms with Crippen molar-refractivity contribution in [2.45, 2.75) is 6.42 Å². The molecule has 1 aromatic carbocycles. The standard InChI is InChI=1S/C11H14F2N2O/c1-14-11(16)15(2)6-5-8-3-4-9(12)7-10(8)13/h3-4,7H,5-6H2,1-2H3,(H,14,16). The van der Waals surface area contributed by atoms with Crippen LogP contribution in [0.1, 0.15) is 5.56 Å². The Bertz CT molecular complexity index is 382. The van der Waals surface area contributed by atoms with Crippen LogP contribution in [-0.2, 0) is 6.42 Å². The van der Waals surface area contributed by atoms with Crippen LogP contribution in [0.15, 0.2) is 18.2 Å². The van der Waals surface area contributed by atoms with Gasteiger partial charge in [0, 0.05) is 26.7 Å². The van der Waals surface area contributed by atoms with Crippen molar-refractivity contribution < 1.29 is 13.6 Å². The van der Waals surface area contributed by atoms with E-state index in [1.54, 1.807) is 7.05 Å². The van der Waals surface area contributed by atoms with Crippen LogP contribution in [0, 0.1) is 11.6 Å². The monoisotopic (exact) mass is 228 g/mol. The molecule has 2 amide bonds. The number of carbonyl (C=O) groups excluding carboxylic acids is 1. The average Bonchev–Trinajstić information content (AvgIpc) is 2.26. The Morgan fingerprint density at radius 1 is 1.44 bits per heavy atom. The number of halogens is 2. The molecule has 0 fully saturated rings. The first kappa shape index (κ1) is 12.4. The number of carbonyl (C=O) groups is 1. The quantitative estimate of drug-likeness (QED) is 0.840. The molecule has 1 N–H and O–H groups in total. The predicted octanol–water partition coefficient (Wildman–Crippen LogP) is 1.78. The fraction of sp³-hybridized carbons (Fsp3) is 0.364. The van der Waals surface area contributed by atoms with E-state index in [0.29, 0.717) is 18.5 Å². The molecule has 88 valence electrons. The van der Waals surface area contributed by atoms with Gasteiger partial charge in [0.15, 0.2) is 0 Å². The van der Waals surface area contributed by atoms with Crippen LogP contribution >= 0.6 is 0 Å². The van der Waals surface area contributed by atoms with Gasteiger partial charge in [0.2, 0.25) is 0 Å². The molecule has 0 saturated heterocycles. The van der Waals surface area contributed by atoms with Gasteiger partial charge in [-0.25, -0.2) is 13.6 Å². The number of benzene rings is 1. The largest absolute Gasteiger partial charge is 0.341 e. The number of amides is 2. The first-order valence-electron chi connectivity index (χ1n) is 4.91. The molecule has 0 aliphatic carbocycles. The van der Waals surface area contributed by atoms with Crippen molar-refractivity contribution in [3.05, 3.63) is 35.4 Å². The summed E-state index contributed by atoms with van der Waals surface area (Å²) in [5.41, 5.74) is 0.400. The first-order valence-corrected chi connectivity index (χ1v) is 4.91. The number of hydrogen-bond acceptors (Lipinski definition) is 1. The second-order valence-corrected chi connectivity index (χ2v) is 3.46. The molecule has 1 rings (SSSR count). The minimum absolute atomic E-state index is 0.234. The van der Waals surface area contributed by atoms with Crippen molar-refractivity contribution in [2.75, 3.05) is 20.6 Å². The SMILES string of the molecule is CNC(=O)N(C)CCc1ccc(F)cc1F. The van der Waals surface area contributed by atoms with Crippen LogP contribution in [-0.4, -0.2) is 31.6 Å². The minimum atomic E-state index is -0.596. The maximum atomic E-state index is 13.2. The Kier molecular flexibility index (Phi) is 4.22. The first-order chi connectivity index (χ1) is 7.54. The van der Waals surface area contributed by atoms with E-state index in [2.05, 4.69) is 5.32 Å². The topological polar surface area (TPSA) is 32.3 Å². The number of urea groups is 1. The summed E-state index contributed by atoms with van der Waals surface area (Å²) >= 11 is 0. The summed E-state index contributed by atoms with van der Waals surface area (Å²) in [7, 11) is 3.14. The Labute approximate surface area is 93.1 Å². The van der Waals surface area contributed by atoms with Gasteiger partial charge in [-0.15, -0.1) is 0 Å². The molecule has 0 aliphatic heterocycles. The molecule has 0 spiro atoms. The van der Waals surface area contributed by atoms with Gasteiger partial charge in [-0.2, -0.15) is 0 Å². The van der Waals surface area contributed by atoms with Gasteiger partial charge in [-0.05, 0) is 18.1 Å². The van der Waals surface area contributed by atoms with Crippen molar-refractivity contribution in [1.82, 2.24) is 10.2 Å². The lowest BCUT2D eigenvalue weighted by molar-refractivity contribution is 0.211. The van der Waals surface area contributed by atoms with Crippen LogP contribution in [0.25, 0.3) is 0 Å². The summed E-state index contributed by atoms with van der Waals surface area (Å²) in [4.78, 5) is 12.6. The molecular weight excluding hydrogens is 214 g/mol. The maximum absolute atomic E-state index is 13.2. The molecule has 0 heterocycles. The van der Waals surface area contributed by atoms with Crippen LogP contribution in [0.3, 0.4) is 0 Å². The van der Waals surface area contributed by atoms with E-state index >= 15 is 0 Å². The zero-order chi connectivity index (χ0) is 12.1. The van der Waals surface area contributed by atoms with Gasteiger partial charge in [0.05, 0.1) is 0 Å². The number of hydrogen-bond donors (Lipinski definition) is 1. The number of likely N-dealkylation sites (N-methyl/N-ethyl adjacent to an activating group) is 1. The fourth-order valence-corrected chi connectivity index (χ4v) is 1.30. The van der Waals surface area contributed by atoms with E-state index < -0.39 is 11.6 Å². The van der Waals surface area contributed by atoms with Gasteiger partial charge < -0.3 is 10.2 Å². The zero-order valence-corrected chi connectivity index (χ0v) is 9.26. The smallest absolute Gasteiger partial charge is 0.316 e. The molecule has 0 aromatic heterocycles. The Balaban J connectivity index is 2.58. The Morgan fingerprint density at radius 3 is 2.69 bits per heavy atom. The highest BCUT2D eigenvalue weighted by Crippen LogP contribution is 2.10. The fourth-order valence-electron chi connectivity index (χ4n) is 1.30. The lowest BCUT2D eigenvalue weighted by Crippen LogP contribution is -2.36. The van der Waals surface area contributed by atoms with Gasteiger partial charge >= 0.3 is 6.03 Å². The molecule has 5 heteroatoms. The van der Waals surface area contributed by atoms with Crippen molar-refractivity contribution in [2.24, 2.45) is 0 Å². The second-order valence-electron chi connectivity index (χ2n) is 3.46. The van der Waals surface area contributed by atoms with Crippen LogP contribution in [0.5, 0.6) is 0 Å². The normalized spacial score (nSPS) is 10.0. The van der Waals surface area contributed by atoms with E-state index in [4.69, 9.17) is 0 Å². The van der Waals surface area contributed by atoms with Crippen molar-refractivity contribution in [3.8, 4) is 0 Å². The second kappa shape index (κ2) is 5.44. The molecule has 0 bridgehead atoms. The average molecular weight is 228 g/mol. The van der Waals surface area contributed by atoms with Crippen molar-refractivity contribution in [1.29, 1.82) is 0 Å². The summed E-state index contributed by atoms with van der Waals surface area (Å²) in [5, 5.41) is 2.46. The van der Waals surface area contributed by atoms with E-state index in [1.165, 1.54) is 24.1 Å². The summed E-state index contributed by atoms with van der Waals surface area (Å²) in [6.45, 7) is 0.377. The molecule has 16 heavy (non-hydrogen) atoms. The molecule has 0 saturated carbocycles. The third-order valence-corrected chi connectivity index (χ3v) is 2.29. The molecule has 0 radical (unpaired) electrons. The number of rotatable bonds is 3. The van der Waals surface area contributed by atoms with E-state index in [9.17, 15) is 13.6 Å².